The summed E-state index contributed by atoms with van der Waals surface area (Å²) in [5.74, 6) is 0.465. The average Bonchev–Trinajstić information content (AvgIpc) is 2.32. The summed E-state index contributed by atoms with van der Waals surface area (Å²) in [6.45, 7) is 11.9. The fourth-order valence-electron chi connectivity index (χ4n) is 2.26. The highest BCUT2D eigenvalue weighted by atomic mass is 16.6. The molecule has 102 valence electrons. The van der Waals surface area contributed by atoms with Gasteiger partial charge < -0.3 is 4.74 Å². The molecular weight excluding hydrogens is 212 g/mol. The monoisotopic (exact) mass is 242 g/mol. The summed E-state index contributed by atoms with van der Waals surface area (Å²) in [5.41, 5.74) is -0.276. The fraction of sp³-hybridized carbons (Fsp3) is 0.933. The van der Waals surface area contributed by atoms with E-state index < -0.39 is 0 Å². The van der Waals surface area contributed by atoms with Crippen molar-refractivity contribution in [2.24, 2.45) is 11.8 Å². The number of ether oxygens (including phenoxy) is 1. The maximum absolute atomic E-state index is 11.6. The molecule has 0 heterocycles. The minimum atomic E-state index is -0.276. The summed E-state index contributed by atoms with van der Waals surface area (Å²) in [7, 11) is 0. The van der Waals surface area contributed by atoms with Crippen molar-refractivity contribution in [1.29, 1.82) is 0 Å². The van der Waals surface area contributed by atoms with Gasteiger partial charge in [0.05, 0.1) is 5.92 Å². The first-order chi connectivity index (χ1) is 7.93. The molecule has 1 aliphatic rings. The SMILES string of the molecule is CC.CC(C)C(=O)OC(C)(C)C1CCCCC1. The van der Waals surface area contributed by atoms with Crippen LogP contribution >= 0.6 is 0 Å². The molecule has 0 saturated heterocycles. The smallest absolute Gasteiger partial charge is 0.308 e. The Morgan fingerprint density at radius 1 is 1.12 bits per heavy atom. The van der Waals surface area contributed by atoms with Crippen molar-refractivity contribution in [3.8, 4) is 0 Å². The molecule has 2 heteroatoms. The van der Waals surface area contributed by atoms with Gasteiger partial charge >= 0.3 is 5.97 Å². The molecular formula is C15H30O2. The molecule has 1 saturated carbocycles. The van der Waals surface area contributed by atoms with Crippen LogP contribution in [0.2, 0.25) is 0 Å². The molecule has 0 bridgehead atoms. The van der Waals surface area contributed by atoms with Crippen LogP contribution < -0.4 is 0 Å². The van der Waals surface area contributed by atoms with Gasteiger partial charge in [-0.15, -0.1) is 0 Å². The number of esters is 1. The second-order valence-corrected chi connectivity index (χ2v) is 5.51. The summed E-state index contributed by atoms with van der Waals surface area (Å²) >= 11 is 0. The first-order valence-electron chi connectivity index (χ1n) is 7.16. The lowest BCUT2D eigenvalue weighted by Gasteiger charge is -2.36. The van der Waals surface area contributed by atoms with Gasteiger partial charge in [-0.3, -0.25) is 4.79 Å². The van der Waals surface area contributed by atoms with Gasteiger partial charge in [-0.25, -0.2) is 0 Å². The van der Waals surface area contributed by atoms with Crippen LogP contribution in [0.25, 0.3) is 0 Å². The van der Waals surface area contributed by atoms with Crippen molar-refractivity contribution in [2.75, 3.05) is 0 Å². The summed E-state index contributed by atoms with van der Waals surface area (Å²) < 4.78 is 5.60. The first-order valence-corrected chi connectivity index (χ1v) is 7.16. The maximum Gasteiger partial charge on any atom is 0.308 e. The zero-order chi connectivity index (χ0) is 13.5. The van der Waals surface area contributed by atoms with Crippen molar-refractivity contribution in [2.45, 2.75) is 79.2 Å². The van der Waals surface area contributed by atoms with E-state index in [1.807, 2.05) is 27.7 Å². The van der Waals surface area contributed by atoms with Gasteiger partial charge in [0.15, 0.2) is 0 Å². The lowest BCUT2D eigenvalue weighted by atomic mass is 9.78. The lowest BCUT2D eigenvalue weighted by molar-refractivity contribution is -0.166. The summed E-state index contributed by atoms with van der Waals surface area (Å²) in [6, 6.07) is 0. The van der Waals surface area contributed by atoms with Crippen molar-refractivity contribution < 1.29 is 9.53 Å². The molecule has 0 spiro atoms. The molecule has 0 aromatic heterocycles. The van der Waals surface area contributed by atoms with Gasteiger partial charge in [0, 0.05) is 0 Å². The maximum atomic E-state index is 11.6. The molecule has 1 fully saturated rings. The van der Waals surface area contributed by atoms with E-state index in [4.69, 9.17) is 4.74 Å². The van der Waals surface area contributed by atoms with E-state index in [0.29, 0.717) is 5.92 Å². The quantitative estimate of drug-likeness (QED) is 0.678. The molecule has 1 aliphatic carbocycles. The minimum Gasteiger partial charge on any atom is -0.459 e. The second-order valence-electron chi connectivity index (χ2n) is 5.51. The number of carbonyl (C=O) groups excluding carboxylic acids is 1. The van der Waals surface area contributed by atoms with Crippen LogP contribution in [0.15, 0.2) is 0 Å². The van der Waals surface area contributed by atoms with E-state index in [-0.39, 0.29) is 17.5 Å². The van der Waals surface area contributed by atoms with E-state index in [9.17, 15) is 4.79 Å². The molecule has 0 amide bonds. The van der Waals surface area contributed by atoms with Crippen molar-refractivity contribution in [3.05, 3.63) is 0 Å². The first kappa shape index (κ1) is 16.5. The van der Waals surface area contributed by atoms with Crippen molar-refractivity contribution in [1.82, 2.24) is 0 Å². The molecule has 0 aromatic carbocycles. The van der Waals surface area contributed by atoms with Crippen LogP contribution in [-0.2, 0) is 9.53 Å². The molecule has 1 rings (SSSR count). The highest BCUT2D eigenvalue weighted by Crippen LogP contribution is 2.35. The molecule has 17 heavy (non-hydrogen) atoms. The van der Waals surface area contributed by atoms with E-state index in [1.165, 1.54) is 32.1 Å². The Morgan fingerprint density at radius 2 is 1.59 bits per heavy atom. The van der Waals surface area contributed by atoms with Gasteiger partial charge in [0.25, 0.3) is 0 Å². The van der Waals surface area contributed by atoms with Gasteiger partial charge in [-0.2, -0.15) is 0 Å². The molecule has 0 atom stereocenters. The van der Waals surface area contributed by atoms with Crippen LogP contribution in [0.1, 0.15) is 73.6 Å². The van der Waals surface area contributed by atoms with Gasteiger partial charge in [-0.05, 0) is 32.6 Å². The normalized spacial score (nSPS) is 17.4. The number of carbonyl (C=O) groups is 1. The molecule has 0 radical (unpaired) electrons. The highest BCUT2D eigenvalue weighted by molar-refractivity contribution is 5.72. The average molecular weight is 242 g/mol. The van der Waals surface area contributed by atoms with E-state index >= 15 is 0 Å². The van der Waals surface area contributed by atoms with Gasteiger partial charge in [-0.1, -0.05) is 47.0 Å². The minimum absolute atomic E-state index is 0.0205. The zero-order valence-electron chi connectivity index (χ0n) is 12.5. The summed E-state index contributed by atoms with van der Waals surface area (Å²) in [5, 5.41) is 0. The van der Waals surface area contributed by atoms with Crippen molar-refractivity contribution >= 4 is 5.97 Å². The Labute approximate surface area is 107 Å². The summed E-state index contributed by atoms with van der Waals surface area (Å²) in [6.07, 6.45) is 6.32. The standard InChI is InChI=1S/C13H24O2.C2H6/c1-10(2)12(14)15-13(3,4)11-8-6-5-7-9-11;1-2/h10-11H,5-9H2,1-4H3;1-2H3. The number of hydrogen-bond acceptors (Lipinski definition) is 2. The third-order valence-corrected chi connectivity index (χ3v) is 3.42. The van der Waals surface area contributed by atoms with Gasteiger partial charge in [0.1, 0.15) is 5.60 Å². The predicted molar refractivity (Wildman–Crippen MR) is 72.9 cm³/mol. The molecule has 0 aromatic rings. The van der Waals surface area contributed by atoms with Crippen LogP contribution in [0.5, 0.6) is 0 Å². The topological polar surface area (TPSA) is 26.3 Å². The van der Waals surface area contributed by atoms with Gasteiger partial charge in [0.2, 0.25) is 0 Å². The molecule has 0 unspecified atom stereocenters. The van der Waals surface area contributed by atoms with Crippen LogP contribution in [-0.4, -0.2) is 11.6 Å². The van der Waals surface area contributed by atoms with E-state index in [1.54, 1.807) is 0 Å². The Morgan fingerprint density at radius 3 is 2.00 bits per heavy atom. The Balaban J connectivity index is 0.00000121. The van der Waals surface area contributed by atoms with Crippen LogP contribution in [0.4, 0.5) is 0 Å². The Hall–Kier alpha value is -0.530. The lowest BCUT2D eigenvalue weighted by Crippen LogP contribution is -2.38. The summed E-state index contributed by atoms with van der Waals surface area (Å²) in [4.78, 5) is 11.6. The Bertz CT molecular complexity index is 213. The Kier molecular flexibility index (Phi) is 7.49. The molecule has 0 aliphatic heterocycles. The van der Waals surface area contributed by atoms with E-state index in [0.717, 1.165) is 0 Å². The van der Waals surface area contributed by atoms with Crippen LogP contribution in [0.3, 0.4) is 0 Å². The number of hydrogen-bond donors (Lipinski definition) is 0. The molecule has 2 nitrogen and oxygen atoms in total. The third-order valence-electron chi connectivity index (χ3n) is 3.42. The molecule has 0 N–H and O–H groups in total. The number of rotatable bonds is 3. The largest absolute Gasteiger partial charge is 0.459 e. The third kappa shape index (κ3) is 5.56. The zero-order valence-corrected chi connectivity index (χ0v) is 12.5. The second kappa shape index (κ2) is 7.73. The highest BCUT2D eigenvalue weighted by Gasteiger charge is 2.34. The van der Waals surface area contributed by atoms with Crippen molar-refractivity contribution in [3.63, 3.8) is 0 Å². The predicted octanol–water partition coefficient (Wildman–Crippen LogP) is 4.57. The van der Waals surface area contributed by atoms with E-state index in [2.05, 4.69) is 13.8 Å². The van der Waals surface area contributed by atoms with Crippen LogP contribution in [0, 0.1) is 11.8 Å². The fourth-order valence-corrected chi connectivity index (χ4v) is 2.26.